The molecule has 0 aliphatic carbocycles. The average molecular weight is 368 g/mol. The Labute approximate surface area is 166 Å². The van der Waals surface area contributed by atoms with Crippen LogP contribution in [0.4, 0.5) is 17.2 Å². The Balaban J connectivity index is 2.22. The lowest BCUT2D eigenvalue weighted by Gasteiger charge is -2.22. The third-order valence-corrected chi connectivity index (χ3v) is 5.20. The zero-order valence-electron chi connectivity index (χ0n) is 18.2. The molecule has 2 N–H and O–H groups in total. The molecule has 1 aromatic heterocycles. The van der Waals surface area contributed by atoms with Gasteiger partial charge in [-0.2, -0.15) is 0 Å². The van der Waals surface area contributed by atoms with Crippen LogP contribution >= 0.6 is 0 Å². The van der Waals surface area contributed by atoms with Crippen molar-refractivity contribution < 1.29 is 0 Å². The molecule has 0 aliphatic rings. The van der Waals surface area contributed by atoms with Crippen LogP contribution in [0.1, 0.15) is 70.2 Å². The van der Waals surface area contributed by atoms with Gasteiger partial charge in [0.1, 0.15) is 5.82 Å². The Morgan fingerprint density at radius 2 is 1.70 bits per heavy atom. The van der Waals surface area contributed by atoms with E-state index in [-0.39, 0.29) is 0 Å². The van der Waals surface area contributed by atoms with Gasteiger partial charge in [-0.15, -0.1) is 0 Å². The normalized spacial score (nSPS) is 13.5. The fraction of sp³-hybridized carbons (Fsp3) is 0.542. The van der Waals surface area contributed by atoms with Crippen molar-refractivity contribution in [1.29, 1.82) is 0 Å². The van der Waals surface area contributed by atoms with E-state index >= 15 is 0 Å². The summed E-state index contributed by atoms with van der Waals surface area (Å²) < 4.78 is 0. The lowest BCUT2D eigenvalue weighted by atomic mass is 9.84. The third kappa shape index (κ3) is 6.27. The summed E-state index contributed by atoms with van der Waals surface area (Å²) in [5, 5.41) is 6.70. The summed E-state index contributed by atoms with van der Waals surface area (Å²) in [4.78, 5) is 4.62. The molecule has 0 amide bonds. The molecule has 0 spiro atoms. The van der Waals surface area contributed by atoms with E-state index in [1.54, 1.807) is 0 Å². The highest BCUT2D eigenvalue weighted by atomic mass is 15.0. The first-order chi connectivity index (χ1) is 12.8. The highest BCUT2D eigenvalue weighted by molar-refractivity contribution is 5.62. The Morgan fingerprint density at radius 1 is 0.963 bits per heavy atom. The van der Waals surface area contributed by atoms with Gasteiger partial charge in [0, 0.05) is 30.2 Å². The van der Waals surface area contributed by atoms with Crippen molar-refractivity contribution in [3.05, 3.63) is 47.2 Å². The van der Waals surface area contributed by atoms with Crippen molar-refractivity contribution in [1.82, 2.24) is 4.98 Å². The molecule has 2 atom stereocenters. The Morgan fingerprint density at radius 3 is 2.33 bits per heavy atom. The van der Waals surface area contributed by atoms with Gasteiger partial charge in [0.05, 0.1) is 0 Å². The van der Waals surface area contributed by atoms with Crippen molar-refractivity contribution in [3.8, 4) is 0 Å². The van der Waals surface area contributed by atoms with E-state index in [4.69, 9.17) is 0 Å². The van der Waals surface area contributed by atoms with Gasteiger partial charge in [-0.05, 0) is 73.3 Å². The molecule has 148 valence electrons. The number of anilines is 3. The lowest BCUT2D eigenvalue weighted by molar-refractivity contribution is 0.392. The number of aryl methyl sites for hydroxylation is 2. The molecular weight excluding hydrogens is 330 g/mol. The Kier molecular flexibility index (Phi) is 7.70. The monoisotopic (exact) mass is 367 g/mol. The number of hydrogen-bond donors (Lipinski definition) is 2. The lowest BCUT2D eigenvalue weighted by Crippen LogP contribution is -2.08. The molecule has 0 fully saturated rings. The molecule has 2 rings (SSSR count). The SMILES string of the molecule is CCc1ccc(Nc2cc(NC)cc(C)n2)cc1C(C)C[C@H](C)CC(C)C. The highest BCUT2D eigenvalue weighted by Crippen LogP contribution is 2.32. The molecule has 1 aromatic carbocycles. The smallest absolute Gasteiger partial charge is 0.132 e. The summed E-state index contributed by atoms with van der Waals surface area (Å²) in [6.45, 7) is 13.7. The number of pyridine rings is 1. The van der Waals surface area contributed by atoms with Gasteiger partial charge < -0.3 is 10.6 Å². The third-order valence-electron chi connectivity index (χ3n) is 5.20. The van der Waals surface area contributed by atoms with Crippen LogP contribution in [-0.2, 0) is 6.42 Å². The highest BCUT2D eigenvalue weighted by Gasteiger charge is 2.15. The molecule has 0 bridgehead atoms. The van der Waals surface area contributed by atoms with Gasteiger partial charge in [-0.3, -0.25) is 0 Å². The maximum absolute atomic E-state index is 4.62. The van der Waals surface area contributed by atoms with E-state index < -0.39 is 0 Å². The minimum atomic E-state index is 0.564. The van der Waals surface area contributed by atoms with Crippen LogP contribution in [0.3, 0.4) is 0 Å². The molecule has 0 saturated heterocycles. The van der Waals surface area contributed by atoms with Crippen molar-refractivity contribution in [2.24, 2.45) is 11.8 Å². The average Bonchev–Trinajstić information content (AvgIpc) is 2.60. The first-order valence-electron chi connectivity index (χ1n) is 10.4. The molecule has 2 aromatic rings. The number of benzene rings is 1. The molecule has 3 heteroatoms. The largest absolute Gasteiger partial charge is 0.388 e. The van der Waals surface area contributed by atoms with Crippen LogP contribution in [0.2, 0.25) is 0 Å². The van der Waals surface area contributed by atoms with Gasteiger partial charge in [-0.1, -0.05) is 40.7 Å². The number of nitrogens with zero attached hydrogens (tertiary/aromatic N) is 1. The summed E-state index contributed by atoms with van der Waals surface area (Å²) in [6, 6.07) is 10.9. The number of hydrogen-bond acceptors (Lipinski definition) is 3. The van der Waals surface area contributed by atoms with E-state index in [1.807, 2.05) is 14.0 Å². The standard InChI is InChI=1S/C24H37N3/c1-8-20-9-10-21(27-24-15-22(25-7)13-19(6)26-24)14-23(20)18(5)12-17(4)11-16(2)3/h9-10,13-18H,8,11-12H2,1-7H3,(H2,25,26,27)/t17-,18?/m1/s1. The Bertz CT molecular complexity index is 736. The first kappa shape index (κ1) is 21.3. The maximum Gasteiger partial charge on any atom is 0.132 e. The quantitative estimate of drug-likeness (QED) is 0.505. The van der Waals surface area contributed by atoms with Crippen LogP contribution < -0.4 is 10.6 Å². The van der Waals surface area contributed by atoms with E-state index in [0.717, 1.165) is 41.1 Å². The van der Waals surface area contributed by atoms with Crippen molar-refractivity contribution in [2.75, 3.05) is 17.7 Å². The fourth-order valence-electron chi connectivity index (χ4n) is 4.11. The van der Waals surface area contributed by atoms with Gasteiger partial charge in [-0.25, -0.2) is 4.98 Å². The zero-order chi connectivity index (χ0) is 20.0. The van der Waals surface area contributed by atoms with Gasteiger partial charge >= 0.3 is 0 Å². The second-order valence-corrected chi connectivity index (χ2v) is 8.40. The van der Waals surface area contributed by atoms with Gasteiger partial charge in [0.25, 0.3) is 0 Å². The van der Waals surface area contributed by atoms with Crippen molar-refractivity contribution >= 4 is 17.2 Å². The zero-order valence-corrected chi connectivity index (χ0v) is 18.2. The van der Waals surface area contributed by atoms with E-state index in [1.165, 1.54) is 24.0 Å². The summed E-state index contributed by atoms with van der Waals surface area (Å²) in [5.74, 6) is 2.96. The van der Waals surface area contributed by atoms with Crippen LogP contribution in [0, 0.1) is 18.8 Å². The number of rotatable bonds is 9. The van der Waals surface area contributed by atoms with Gasteiger partial charge in [0.15, 0.2) is 0 Å². The number of aromatic nitrogens is 1. The van der Waals surface area contributed by atoms with Crippen LogP contribution in [0.5, 0.6) is 0 Å². The molecule has 1 unspecified atom stereocenters. The molecular formula is C24H37N3. The minimum Gasteiger partial charge on any atom is -0.388 e. The second kappa shape index (κ2) is 9.77. The number of nitrogens with one attached hydrogen (secondary N) is 2. The van der Waals surface area contributed by atoms with Gasteiger partial charge in [0.2, 0.25) is 0 Å². The summed E-state index contributed by atoms with van der Waals surface area (Å²) >= 11 is 0. The fourth-order valence-corrected chi connectivity index (χ4v) is 4.11. The van der Waals surface area contributed by atoms with E-state index in [9.17, 15) is 0 Å². The molecule has 0 aliphatic heterocycles. The van der Waals surface area contributed by atoms with E-state index in [2.05, 4.69) is 80.6 Å². The molecule has 0 saturated carbocycles. The van der Waals surface area contributed by atoms with Crippen molar-refractivity contribution in [2.45, 2.75) is 66.7 Å². The molecule has 3 nitrogen and oxygen atoms in total. The molecule has 27 heavy (non-hydrogen) atoms. The Hall–Kier alpha value is -2.03. The minimum absolute atomic E-state index is 0.564. The first-order valence-corrected chi connectivity index (χ1v) is 10.4. The summed E-state index contributed by atoms with van der Waals surface area (Å²) in [5.41, 5.74) is 6.13. The van der Waals surface area contributed by atoms with Crippen LogP contribution in [0.15, 0.2) is 30.3 Å². The van der Waals surface area contributed by atoms with Crippen LogP contribution in [0.25, 0.3) is 0 Å². The molecule has 1 heterocycles. The second-order valence-electron chi connectivity index (χ2n) is 8.40. The summed E-state index contributed by atoms with van der Waals surface area (Å²) in [7, 11) is 1.94. The predicted octanol–water partition coefficient (Wildman–Crippen LogP) is 6.91. The predicted molar refractivity (Wildman–Crippen MR) is 119 cm³/mol. The topological polar surface area (TPSA) is 37.0 Å². The van der Waals surface area contributed by atoms with E-state index in [0.29, 0.717) is 5.92 Å². The molecule has 0 radical (unpaired) electrons. The van der Waals surface area contributed by atoms with Crippen molar-refractivity contribution in [3.63, 3.8) is 0 Å². The van der Waals surface area contributed by atoms with Crippen LogP contribution in [-0.4, -0.2) is 12.0 Å². The summed E-state index contributed by atoms with van der Waals surface area (Å²) in [6.07, 6.45) is 3.61. The maximum atomic E-state index is 4.62.